The summed E-state index contributed by atoms with van der Waals surface area (Å²) in [5, 5.41) is 19.9. The van der Waals surface area contributed by atoms with Gasteiger partial charge in [-0.05, 0) is 25.3 Å². The number of aromatic amines is 1. The Morgan fingerprint density at radius 3 is 2.36 bits per heavy atom. The number of carbonyl (C=O) groups is 5. The molecule has 0 spiro atoms. The maximum absolute atomic E-state index is 13.0. The summed E-state index contributed by atoms with van der Waals surface area (Å²) in [4.78, 5) is 67.6. The second-order valence-corrected chi connectivity index (χ2v) is 8.29. The normalized spacial score (nSPS) is 18.2. The smallest absolute Gasteiger partial charge is 0.326 e. The highest BCUT2D eigenvalue weighted by Crippen LogP contribution is 2.09. The number of carbonyl (C=O) groups excluding carboxylic acids is 4. The zero-order chi connectivity index (χ0) is 24.5. The Labute approximate surface area is 190 Å². The number of H-pyrrole nitrogens is 1. The third kappa shape index (κ3) is 7.86. The van der Waals surface area contributed by atoms with Gasteiger partial charge in [-0.15, -0.1) is 0 Å². The molecule has 0 aliphatic carbocycles. The van der Waals surface area contributed by atoms with Crippen molar-refractivity contribution in [3.63, 3.8) is 0 Å². The largest absolute Gasteiger partial charge is 0.480 e. The van der Waals surface area contributed by atoms with Crippen LogP contribution in [-0.4, -0.2) is 75.4 Å². The van der Waals surface area contributed by atoms with Gasteiger partial charge < -0.3 is 37.1 Å². The number of carboxylic acid groups (broad SMARTS) is 1. The van der Waals surface area contributed by atoms with Gasteiger partial charge in [-0.25, -0.2) is 9.78 Å². The summed E-state index contributed by atoms with van der Waals surface area (Å²) >= 11 is 0. The Morgan fingerprint density at radius 2 is 1.85 bits per heavy atom. The second kappa shape index (κ2) is 11.9. The molecule has 0 bridgehead atoms. The lowest BCUT2D eigenvalue weighted by Crippen LogP contribution is -2.59. The number of hydrogen-bond donors (Lipinski definition) is 7. The number of nitrogens with zero attached hydrogens (tertiary/aromatic N) is 1. The molecule has 182 valence electrons. The van der Waals surface area contributed by atoms with Gasteiger partial charge in [0, 0.05) is 18.3 Å². The first-order valence-corrected chi connectivity index (χ1v) is 10.7. The van der Waals surface area contributed by atoms with Gasteiger partial charge in [0.05, 0.1) is 18.8 Å². The molecule has 1 aromatic rings. The number of primary amides is 1. The first-order valence-electron chi connectivity index (χ1n) is 10.7. The van der Waals surface area contributed by atoms with Crippen LogP contribution in [-0.2, 0) is 30.4 Å². The third-order valence-corrected chi connectivity index (χ3v) is 5.26. The molecule has 0 saturated carbocycles. The van der Waals surface area contributed by atoms with Gasteiger partial charge in [0.1, 0.15) is 18.1 Å². The summed E-state index contributed by atoms with van der Waals surface area (Å²) in [5.74, 6) is -4.35. The van der Waals surface area contributed by atoms with Gasteiger partial charge >= 0.3 is 5.97 Å². The zero-order valence-corrected chi connectivity index (χ0v) is 18.6. The summed E-state index contributed by atoms with van der Waals surface area (Å²) in [6, 6.07) is -4.05. The number of rotatable bonds is 12. The number of carboxylic acids is 1. The van der Waals surface area contributed by atoms with Crippen LogP contribution in [0.25, 0.3) is 0 Å². The topological polar surface area (TPSA) is 208 Å². The van der Waals surface area contributed by atoms with Gasteiger partial charge in [-0.3, -0.25) is 19.2 Å². The van der Waals surface area contributed by atoms with E-state index in [-0.39, 0.29) is 24.3 Å². The van der Waals surface area contributed by atoms with Crippen molar-refractivity contribution in [2.75, 3.05) is 6.54 Å². The number of hydrogen-bond acceptors (Lipinski definition) is 7. The number of aliphatic carboxylic acids is 1. The highest BCUT2D eigenvalue weighted by molar-refractivity contribution is 5.95. The van der Waals surface area contributed by atoms with Crippen molar-refractivity contribution in [2.45, 2.75) is 63.7 Å². The van der Waals surface area contributed by atoms with Crippen molar-refractivity contribution in [1.82, 2.24) is 31.2 Å². The van der Waals surface area contributed by atoms with E-state index in [1.807, 2.05) is 0 Å². The summed E-state index contributed by atoms with van der Waals surface area (Å²) in [5.41, 5.74) is 5.57. The van der Waals surface area contributed by atoms with E-state index in [9.17, 15) is 29.1 Å². The molecule has 2 heterocycles. The fourth-order valence-corrected chi connectivity index (χ4v) is 3.46. The number of nitrogens with one attached hydrogen (secondary N) is 5. The van der Waals surface area contributed by atoms with Crippen LogP contribution in [0, 0.1) is 5.92 Å². The minimum Gasteiger partial charge on any atom is -0.480 e. The van der Waals surface area contributed by atoms with Gasteiger partial charge in [0.15, 0.2) is 0 Å². The van der Waals surface area contributed by atoms with Crippen LogP contribution in [0.2, 0.25) is 0 Å². The predicted molar refractivity (Wildman–Crippen MR) is 115 cm³/mol. The Balaban J connectivity index is 2.14. The quantitative estimate of drug-likeness (QED) is 0.179. The molecule has 0 aromatic carbocycles. The standard InChI is InChI=1S/C20H31N7O6/c1-10(2)16(27-17(29)12-4-3-5-23-12)19(31)25-13(6-11-8-22-9-24-11)18(30)26-14(20(32)33)7-15(21)28/h8-10,12-14,16,23H,3-7H2,1-2H3,(H2,21,28)(H,22,24)(H,25,31)(H,26,30)(H,27,29)(H,32,33). The van der Waals surface area contributed by atoms with E-state index in [1.54, 1.807) is 13.8 Å². The van der Waals surface area contributed by atoms with Crippen LogP contribution in [0.15, 0.2) is 12.5 Å². The average molecular weight is 466 g/mol. The number of amides is 4. The van der Waals surface area contributed by atoms with Crippen LogP contribution in [0.5, 0.6) is 0 Å². The van der Waals surface area contributed by atoms with Crippen molar-refractivity contribution in [1.29, 1.82) is 0 Å². The summed E-state index contributed by atoms with van der Waals surface area (Å²) < 4.78 is 0. The molecule has 4 atom stereocenters. The first-order chi connectivity index (χ1) is 15.6. The van der Waals surface area contributed by atoms with Crippen molar-refractivity contribution in [3.8, 4) is 0 Å². The molecule has 1 aromatic heterocycles. The van der Waals surface area contributed by atoms with Gasteiger partial charge in [0.2, 0.25) is 23.6 Å². The fourth-order valence-electron chi connectivity index (χ4n) is 3.46. The van der Waals surface area contributed by atoms with Crippen molar-refractivity contribution >= 4 is 29.6 Å². The zero-order valence-electron chi connectivity index (χ0n) is 18.6. The Kier molecular flexibility index (Phi) is 9.33. The SMILES string of the molecule is CC(C)C(NC(=O)C1CCCN1)C(=O)NC(Cc1cnc[nH]1)C(=O)NC(CC(N)=O)C(=O)O. The number of nitrogens with two attached hydrogens (primary N) is 1. The molecule has 8 N–H and O–H groups in total. The van der Waals surface area contributed by atoms with Crippen molar-refractivity contribution < 1.29 is 29.1 Å². The predicted octanol–water partition coefficient (Wildman–Crippen LogP) is -2.23. The highest BCUT2D eigenvalue weighted by atomic mass is 16.4. The molecule has 13 nitrogen and oxygen atoms in total. The van der Waals surface area contributed by atoms with E-state index in [2.05, 4.69) is 31.2 Å². The van der Waals surface area contributed by atoms with Crippen LogP contribution < -0.4 is 27.0 Å². The molecule has 1 aliphatic rings. The number of imidazole rings is 1. The highest BCUT2D eigenvalue weighted by Gasteiger charge is 2.33. The molecule has 4 amide bonds. The molecule has 1 saturated heterocycles. The van der Waals surface area contributed by atoms with E-state index in [0.29, 0.717) is 12.1 Å². The van der Waals surface area contributed by atoms with Crippen molar-refractivity contribution in [2.24, 2.45) is 11.7 Å². The van der Waals surface area contributed by atoms with E-state index < -0.39 is 48.2 Å². The van der Waals surface area contributed by atoms with Crippen LogP contribution in [0.1, 0.15) is 38.8 Å². The van der Waals surface area contributed by atoms with E-state index in [1.165, 1.54) is 12.5 Å². The van der Waals surface area contributed by atoms with Gasteiger partial charge in [-0.1, -0.05) is 13.8 Å². The minimum absolute atomic E-state index is 0.0244. The molecular formula is C20H31N7O6. The molecule has 0 radical (unpaired) electrons. The molecule has 1 fully saturated rings. The third-order valence-electron chi connectivity index (χ3n) is 5.26. The second-order valence-electron chi connectivity index (χ2n) is 8.29. The molecule has 1 aliphatic heterocycles. The number of aromatic nitrogens is 2. The summed E-state index contributed by atoms with van der Waals surface area (Å²) in [7, 11) is 0. The summed E-state index contributed by atoms with van der Waals surface area (Å²) in [6.45, 7) is 4.23. The molecule has 2 rings (SSSR count). The van der Waals surface area contributed by atoms with Crippen LogP contribution in [0.4, 0.5) is 0 Å². The van der Waals surface area contributed by atoms with Crippen LogP contribution in [0.3, 0.4) is 0 Å². The van der Waals surface area contributed by atoms with Crippen molar-refractivity contribution in [3.05, 3.63) is 18.2 Å². The lowest BCUT2D eigenvalue weighted by Gasteiger charge is -2.26. The lowest BCUT2D eigenvalue weighted by atomic mass is 10.0. The Hall–Kier alpha value is -3.48. The van der Waals surface area contributed by atoms with E-state index >= 15 is 0 Å². The molecular weight excluding hydrogens is 434 g/mol. The Bertz CT molecular complexity index is 851. The minimum atomic E-state index is -1.55. The summed E-state index contributed by atoms with van der Waals surface area (Å²) in [6.07, 6.45) is 3.75. The molecule has 33 heavy (non-hydrogen) atoms. The van der Waals surface area contributed by atoms with Gasteiger partial charge in [0.25, 0.3) is 0 Å². The van der Waals surface area contributed by atoms with E-state index in [0.717, 1.165) is 13.0 Å². The van der Waals surface area contributed by atoms with Gasteiger partial charge in [-0.2, -0.15) is 0 Å². The van der Waals surface area contributed by atoms with Crippen LogP contribution >= 0.6 is 0 Å². The monoisotopic (exact) mass is 465 g/mol. The molecule has 13 heteroatoms. The van der Waals surface area contributed by atoms with E-state index in [4.69, 9.17) is 5.73 Å². The maximum Gasteiger partial charge on any atom is 0.326 e. The molecule has 4 unspecified atom stereocenters. The average Bonchev–Trinajstić information content (AvgIpc) is 3.44. The first kappa shape index (κ1) is 25.8. The Morgan fingerprint density at radius 1 is 1.15 bits per heavy atom. The maximum atomic E-state index is 13.0. The fraction of sp³-hybridized carbons (Fsp3) is 0.600. The lowest BCUT2D eigenvalue weighted by molar-refractivity contribution is -0.143.